The van der Waals surface area contributed by atoms with Gasteiger partial charge < -0.3 is 20.7 Å². The normalized spacial score (nSPS) is 16.1. The van der Waals surface area contributed by atoms with Gasteiger partial charge in [-0.25, -0.2) is 14.4 Å². The van der Waals surface area contributed by atoms with E-state index >= 15 is 0 Å². The SMILES string of the molecule is Cc1nsc(Nc2cnc(C(F)(F)F)cn2)c1C(=O)Nc1ccc(F)c(OC[C@H]2CCCNC2)c1. The van der Waals surface area contributed by atoms with Crippen LogP contribution in [0.5, 0.6) is 5.75 Å². The number of carbonyl (C=O) groups excluding carboxylic acids is 1. The first-order chi connectivity index (χ1) is 16.7. The maximum atomic E-state index is 14.3. The molecule has 1 saturated heterocycles. The van der Waals surface area contributed by atoms with E-state index in [1.54, 1.807) is 6.92 Å². The molecule has 1 atom stereocenters. The molecular weight excluding hydrogens is 488 g/mol. The number of nitrogens with zero attached hydrogens (tertiary/aromatic N) is 3. The third-order valence-electron chi connectivity index (χ3n) is 5.34. The minimum absolute atomic E-state index is 0.0189. The summed E-state index contributed by atoms with van der Waals surface area (Å²) in [4.78, 5) is 20.0. The monoisotopic (exact) mass is 510 g/mol. The molecule has 0 unspecified atom stereocenters. The van der Waals surface area contributed by atoms with Crippen molar-refractivity contribution in [3.05, 3.63) is 53.4 Å². The lowest BCUT2D eigenvalue weighted by molar-refractivity contribution is -0.141. The Labute approximate surface area is 202 Å². The number of aryl methyl sites for hydroxylation is 1. The average Bonchev–Trinajstić information content (AvgIpc) is 3.19. The Hall–Kier alpha value is -3.32. The molecule has 186 valence electrons. The number of hydrogen-bond acceptors (Lipinski definition) is 8. The van der Waals surface area contributed by atoms with Crippen molar-refractivity contribution < 1.29 is 27.1 Å². The summed E-state index contributed by atoms with van der Waals surface area (Å²) in [7, 11) is 0. The molecular formula is C22H22F4N6O2S. The first-order valence-electron chi connectivity index (χ1n) is 10.8. The minimum atomic E-state index is -4.61. The Morgan fingerprint density at radius 2 is 2.11 bits per heavy atom. The van der Waals surface area contributed by atoms with Crippen LogP contribution in [0.3, 0.4) is 0 Å². The molecule has 13 heteroatoms. The predicted molar refractivity (Wildman–Crippen MR) is 123 cm³/mol. The van der Waals surface area contributed by atoms with E-state index in [1.165, 1.54) is 18.2 Å². The Morgan fingerprint density at radius 3 is 2.80 bits per heavy atom. The summed E-state index contributed by atoms with van der Waals surface area (Å²) in [6, 6.07) is 4.03. The number of amides is 1. The van der Waals surface area contributed by atoms with Crippen LogP contribution in [0, 0.1) is 18.7 Å². The van der Waals surface area contributed by atoms with Gasteiger partial charge in [0.25, 0.3) is 5.91 Å². The zero-order valence-corrected chi connectivity index (χ0v) is 19.4. The van der Waals surface area contributed by atoms with Crippen LogP contribution in [0.15, 0.2) is 30.6 Å². The van der Waals surface area contributed by atoms with Crippen molar-refractivity contribution in [1.82, 2.24) is 19.7 Å². The van der Waals surface area contributed by atoms with Gasteiger partial charge in [-0.05, 0) is 50.0 Å². The lowest BCUT2D eigenvalue weighted by atomic mass is 10.0. The molecule has 1 aliphatic rings. The van der Waals surface area contributed by atoms with Gasteiger partial charge in [0, 0.05) is 24.2 Å². The molecule has 8 nitrogen and oxygen atoms in total. The van der Waals surface area contributed by atoms with E-state index in [1.807, 2.05) is 0 Å². The Morgan fingerprint density at radius 1 is 1.29 bits per heavy atom. The lowest BCUT2D eigenvalue weighted by Gasteiger charge is -2.23. The van der Waals surface area contributed by atoms with Gasteiger partial charge in [-0.1, -0.05) is 0 Å². The standard InChI is InChI=1S/C22H22F4N6O2S/c1-12-19(21(35-32-12)31-18-10-28-17(9-29-18)22(24,25)26)20(33)30-14-4-5-15(23)16(7-14)34-11-13-3-2-6-27-8-13/h4-5,7,9-10,13,27H,2-3,6,8,11H2,1H3,(H,29,31)(H,30,33)/t13-/m0/s1. The molecule has 4 rings (SSSR count). The van der Waals surface area contributed by atoms with Crippen molar-refractivity contribution >= 4 is 33.9 Å². The van der Waals surface area contributed by atoms with Gasteiger partial charge >= 0.3 is 6.18 Å². The molecule has 0 radical (unpaired) electrons. The Kier molecular flexibility index (Phi) is 7.45. The van der Waals surface area contributed by atoms with Gasteiger partial charge in [0.1, 0.15) is 10.8 Å². The van der Waals surface area contributed by atoms with Crippen molar-refractivity contribution in [3.63, 3.8) is 0 Å². The van der Waals surface area contributed by atoms with E-state index in [4.69, 9.17) is 4.74 Å². The molecule has 0 spiro atoms. The summed E-state index contributed by atoms with van der Waals surface area (Å²) in [5, 5.41) is 9.02. The fraction of sp³-hybridized carbons (Fsp3) is 0.364. The Balaban J connectivity index is 1.45. The topological polar surface area (TPSA) is 101 Å². The first kappa shape index (κ1) is 24.8. The van der Waals surface area contributed by atoms with Crippen LogP contribution in [-0.2, 0) is 6.18 Å². The molecule has 1 aromatic carbocycles. The van der Waals surface area contributed by atoms with E-state index in [-0.39, 0.29) is 28.0 Å². The van der Waals surface area contributed by atoms with E-state index < -0.39 is 23.6 Å². The van der Waals surface area contributed by atoms with E-state index in [0.717, 1.165) is 43.7 Å². The van der Waals surface area contributed by atoms with Crippen LogP contribution >= 0.6 is 11.5 Å². The highest BCUT2D eigenvalue weighted by atomic mass is 32.1. The van der Waals surface area contributed by atoms with Gasteiger partial charge in [0.05, 0.1) is 30.3 Å². The van der Waals surface area contributed by atoms with Crippen molar-refractivity contribution in [1.29, 1.82) is 0 Å². The van der Waals surface area contributed by atoms with Gasteiger partial charge in [-0.2, -0.15) is 17.5 Å². The highest BCUT2D eigenvalue weighted by Gasteiger charge is 2.32. The van der Waals surface area contributed by atoms with Crippen LogP contribution in [0.25, 0.3) is 0 Å². The summed E-state index contributed by atoms with van der Waals surface area (Å²) in [6.45, 7) is 3.75. The molecule has 3 heterocycles. The number of benzene rings is 1. The van der Waals surface area contributed by atoms with Crippen LogP contribution in [0.4, 0.5) is 34.1 Å². The summed E-state index contributed by atoms with van der Waals surface area (Å²) in [5.41, 5.74) is -0.232. The number of rotatable bonds is 7. The van der Waals surface area contributed by atoms with Gasteiger partial charge in [0.15, 0.2) is 17.3 Å². The van der Waals surface area contributed by atoms with Crippen LogP contribution < -0.4 is 20.7 Å². The van der Waals surface area contributed by atoms with E-state index in [9.17, 15) is 22.4 Å². The van der Waals surface area contributed by atoms with Crippen molar-refractivity contribution in [2.24, 2.45) is 5.92 Å². The number of alkyl halides is 3. The Bertz CT molecular complexity index is 1180. The van der Waals surface area contributed by atoms with Crippen LogP contribution in [0.2, 0.25) is 0 Å². The summed E-state index contributed by atoms with van der Waals surface area (Å²) < 4.78 is 62.2. The van der Waals surface area contributed by atoms with E-state index in [0.29, 0.717) is 24.2 Å². The van der Waals surface area contributed by atoms with Gasteiger partial charge in [-0.15, -0.1) is 0 Å². The lowest BCUT2D eigenvalue weighted by Crippen LogP contribution is -2.33. The largest absolute Gasteiger partial charge is 0.490 e. The maximum absolute atomic E-state index is 14.3. The second kappa shape index (κ2) is 10.5. The van der Waals surface area contributed by atoms with Crippen molar-refractivity contribution in [3.8, 4) is 5.75 Å². The molecule has 1 fully saturated rings. The second-order valence-electron chi connectivity index (χ2n) is 8.00. The summed E-state index contributed by atoms with van der Waals surface area (Å²) >= 11 is 0.947. The third kappa shape index (κ3) is 6.22. The number of anilines is 3. The number of ether oxygens (including phenoxy) is 1. The molecule has 2 aromatic heterocycles. The average molecular weight is 511 g/mol. The highest BCUT2D eigenvalue weighted by Crippen LogP contribution is 2.31. The number of piperidine rings is 1. The third-order valence-corrected chi connectivity index (χ3v) is 6.19. The second-order valence-corrected chi connectivity index (χ2v) is 8.78. The zero-order chi connectivity index (χ0) is 25.0. The molecule has 35 heavy (non-hydrogen) atoms. The van der Waals surface area contributed by atoms with Gasteiger partial charge in [-0.3, -0.25) is 4.79 Å². The van der Waals surface area contributed by atoms with Gasteiger partial charge in [0.2, 0.25) is 0 Å². The number of nitrogens with one attached hydrogen (secondary N) is 3. The molecule has 1 aliphatic heterocycles. The fourth-order valence-electron chi connectivity index (χ4n) is 3.54. The van der Waals surface area contributed by atoms with Crippen LogP contribution in [0.1, 0.15) is 34.6 Å². The quantitative estimate of drug-likeness (QED) is 0.394. The smallest absolute Gasteiger partial charge is 0.434 e. The fourth-order valence-corrected chi connectivity index (χ4v) is 4.34. The highest BCUT2D eigenvalue weighted by molar-refractivity contribution is 7.10. The molecule has 3 aromatic rings. The molecule has 0 bridgehead atoms. The number of aromatic nitrogens is 3. The molecule has 1 amide bonds. The zero-order valence-electron chi connectivity index (χ0n) is 18.6. The summed E-state index contributed by atoms with van der Waals surface area (Å²) in [6.07, 6.45) is -1.06. The number of carbonyl (C=O) groups is 1. The minimum Gasteiger partial charge on any atom is -0.490 e. The molecule has 3 N–H and O–H groups in total. The van der Waals surface area contributed by atoms with Crippen LogP contribution in [-0.4, -0.2) is 39.9 Å². The predicted octanol–water partition coefficient (Wildman–Crippen LogP) is 4.77. The molecule has 0 saturated carbocycles. The molecule has 0 aliphatic carbocycles. The number of halogens is 4. The van der Waals surface area contributed by atoms with E-state index in [2.05, 4.69) is 30.3 Å². The van der Waals surface area contributed by atoms with Crippen molar-refractivity contribution in [2.45, 2.75) is 25.9 Å². The first-order valence-corrected chi connectivity index (χ1v) is 11.5. The maximum Gasteiger partial charge on any atom is 0.434 e. The summed E-state index contributed by atoms with van der Waals surface area (Å²) in [5.74, 6) is -0.740. The number of hydrogen-bond donors (Lipinski definition) is 3. The van der Waals surface area contributed by atoms with Crippen molar-refractivity contribution in [2.75, 3.05) is 30.3 Å².